The Kier molecular flexibility index (Phi) is 7.05. The molecule has 1 rings (SSSR count). The highest BCUT2D eigenvalue weighted by Crippen LogP contribution is 2.62. The summed E-state index contributed by atoms with van der Waals surface area (Å²) in [7, 11) is 0. The van der Waals surface area contributed by atoms with Gasteiger partial charge in [-0.25, -0.2) is 0 Å². The van der Waals surface area contributed by atoms with Crippen molar-refractivity contribution in [3.05, 3.63) is 42.0 Å². The minimum Gasteiger partial charge on any atom is -0.195 e. The highest BCUT2D eigenvalue weighted by molar-refractivity contribution is 14.1. The van der Waals surface area contributed by atoms with Gasteiger partial charge in [0.25, 0.3) is 0 Å². The first-order valence-electron chi connectivity index (χ1n) is 7.26. The molecule has 0 aliphatic rings. The topological polar surface area (TPSA) is 0 Å². The predicted octanol–water partition coefficient (Wildman–Crippen LogP) is 7.84. The second kappa shape index (κ2) is 7.90. The molecule has 0 aliphatic heterocycles. The van der Waals surface area contributed by atoms with Crippen molar-refractivity contribution in [3.8, 4) is 0 Å². The van der Waals surface area contributed by atoms with Gasteiger partial charge in [-0.3, -0.25) is 0 Å². The van der Waals surface area contributed by atoms with Gasteiger partial charge in [0.2, 0.25) is 0 Å². The summed E-state index contributed by atoms with van der Waals surface area (Å²) in [5.41, 5.74) is -0.359. The molecule has 0 bridgehead atoms. The van der Waals surface area contributed by atoms with Crippen molar-refractivity contribution in [2.45, 2.75) is 41.7 Å². The van der Waals surface area contributed by atoms with E-state index in [9.17, 15) is 65.9 Å². The predicted molar refractivity (Wildman–Crippen MR) is 84.2 cm³/mol. The molecule has 0 aliphatic carbocycles. The van der Waals surface area contributed by atoms with Crippen LogP contribution in [-0.2, 0) is 0 Å². The second-order valence-corrected chi connectivity index (χ2v) is 7.01. The number of benzene rings is 1. The number of hydrogen-bond donors (Lipinski definition) is 0. The third-order valence-electron chi connectivity index (χ3n) is 3.71. The van der Waals surface area contributed by atoms with Crippen LogP contribution in [0.4, 0.5) is 65.9 Å². The van der Waals surface area contributed by atoms with E-state index in [4.69, 9.17) is 0 Å². The molecule has 0 N–H and O–H groups in total. The van der Waals surface area contributed by atoms with Gasteiger partial charge in [0.05, 0.1) is 0 Å². The Morgan fingerprint density at radius 1 is 0.548 bits per heavy atom. The van der Waals surface area contributed by atoms with Crippen molar-refractivity contribution in [1.29, 1.82) is 0 Å². The second-order valence-electron chi connectivity index (χ2n) is 5.85. The first-order valence-corrected chi connectivity index (χ1v) is 8.34. The summed E-state index contributed by atoms with van der Waals surface area (Å²) in [5.74, 6) is -46.5. The van der Waals surface area contributed by atoms with E-state index in [2.05, 4.69) is 0 Å². The minimum absolute atomic E-state index is 0.359. The zero-order valence-electron chi connectivity index (χ0n) is 14.0. The standard InChI is InChI=1S/C15H6F15I/c16-9(17,6-8(31)7-4-2-1-3-5-7)10(18,19)11(20,21)12(22,23)13(24,25)14(26,27)15(28,29)30/h1-6H. The third-order valence-corrected chi connectivity index (χ3v) is 4.64. The summed E-state index contributed by atoms with van der Waals surface area (Å²) in [6.45, 7) is 0. The SMILES string of the molecule is FC(F)(F)C(F)(F)C(F)(F)C(F)(F)C(F)(F)C(F)(F)C(F)(F)C=C(I)c1ccccc1. The van der Waals surface area contributed by atoms with Crippen LogP contribution in [0.3, 0.4) is 0 Å². The van der Waals surface area contributed by atoms with Gasteiger partial charge in [-0.15, -0.1) is 0 Å². The van der Waals surface area contributed by atoms with E-state index < -0.39 is 51.4 Å². The molecule has 0 nitrogen and oxygen atoms in total. The smallest absolute Gasteiger partial charge is 0.195 e. The Balaban J connectivity index is 3.58. The van der Waals surface area contributed by atoms with Crippen LogP contribution in [0.25, 0.3) is 3.58 Å². The first kappa shape index (κ1) is 27.7. The molecular formula is C15H6F15I. The molecular weight excluding hydrogens is 592 g/mol. The molecule has 0 saturated carbocycles. The summed E-state index contributed by atoms with van der Waals surface area (Å²) < 4.78 is 195. The van der Waals surface area contributed by atoms with Crippen LogP contribution in [0.15, 0.2) is 36.4 Å². The fourth-order valence-corrected chi connectivity index (χ4v) is 2.66. The Bertz CT molecular complexity index is 807. The van der Waals surface area contributed by atoms with Gasteiger partial charge in [0.1, 0.15) is 0 Å². The maximum atomic E-state index is 13.8. The van der Waals surface area contributed by atoms with Crippen LogP contribution in [0.5, 0.6) is 0 Å². The molecule has 31 heavy (non-hydrogen) atoms. The number of rotatable bonds is 7. The lowest BCUT2D eigenvalue weighted by Crippen LogP contribution is -2.72. The average Bonchev–Trinajstić information content (AvgIpc) is 2.60. The van der Waals surface area contributed by atoms with Gasteiger partial charge in [-0.05, 0) is 28.2 Å². The van der Waals surface area contributed by atoms with Crippen LogP contribution in [0.2, 0.25) is 0 Å². The lowest BCUT2D eigenvalue weighted by molar-refractivity contribution is -0.449. The van der Waals surface area contributed by atoms with Crippen molar-refractivity contribution in [2.24, 2.45) is 0 Å². The van der Waals surface area contributed by atoms with Gasteiger partial charge in [0, 0.05) is 9.66 Å². The Morgan fingerprint density at radius 3 is 1.29 bits per heavy atom. The highest BCUT2D eigenvalue weighted by atomic mass is 127. The van der Waals surface area contributed by atoms with Crippen LogP contribution in [-0.4, -0.2) is 41.7 Å². The molecule has 0 saturated heterocycles. The molecule has 0 fully saturated rings. The molecule has 0 unspecified atom stereocenters. The number of alkyl halides is 15. The fraction of sp³-hybridized carbons (Fsp3) is 0.467. The number of halogens is 16. The van der Waals surface area contributed by atoms with Gasteiger partial charge >= 0.3 is 41.7 Å². The number of allylic oxidation sites excluding steroid dienone is 1. The summed E-state index contributed by atoms with van der Waals surface area (Å²) in [5, 5.41) is 0. The Labute approximate surface area is 176 Å². The number of hydrogen-bond acceptors (Lipinski definition) is 0. The summed E-state index contributed by atoms with van der Waals surface area (Å²) >= 11 is 0.860. The lowest BCUT2D eigenvalue weighted by Gasteiger charge is -2.41. The maximum absolute atomic E-state index is 13.8. The van der Waals surface area contributed by atoms with Crippen LogP contribution >= 0.6 is 22.6 Å². The van der Waals surface area contributed by atoms with Crippen LogP contribution < -0.4 is 0 Å². The third kappa shape index (κ3) is 4.19. The highest BCUT2D eigenvalue weighted by Gasteiger charge is 2.93. The van der Waals surface area contributed by atoms with E-state index in [0.29, 0.717) is 0 Å². The molecule has 0 aromatic heterocycles. The molecule has 1 aromatic rings. The Hall–Kier alpha value is -1.36. The summed E-state index contributed by atoms with van der Waals surface area (Å²) in [6.07, 6.45) is -8.66. The molecule has 0 radical (unpaired) electrons. The molecule has 0 heterocycles. The molecule has 1 aromatic carbocycles. The van der Waals surface area contributed by atoms with Crippen molar-refractivity contribution in [1.82, 2.24) is 0 Å². The van der Waals surface area contributed by atoms with E-state index in [1.54, 1.807) is 0 Å². The van der Waals surface area contributed by atoms with Crippen molar-refractivity contribution in [2.75, 3.05) is 0 Å². The monoisotopic (exact) mass is 598 g/mol. The Morgan fingerprint density at radius 2 is 0.903 bits per heavy atom. The minimum atomic E-state index is -8.28. The lowest BCUT2D eigenvalue weighted by atomic mass is 9.91. The van der Waals surface area contributed by atoms with E-state index in [1.807, 2.05) is 0 Å². The van der Waals surface area contributed by atoms with Gasteiger partial charge in [-0.1, -0.05) is 30.3 Å². The quantitative estimate of drug-likeness (QED) is 0.222. The molecule has 0 atom stereocenters. The van der Waals surface area contributed by atoms with Gasteiger partial charge in [0.15, 0.2) is 0 Å². The molecule has 178 valence electrons. The zero-order chi connectivity index (χ0) is 24.9. The van der Waals surface area contributed by atoms with E-state index >= 15 is 0 Å². The van der Waals surface area contributed by atoms with Gasteiger partial charge in [-0.2, -0.15) is 65.9 Å². The van der Waals surface area contributed by atoms with Crippen molar-refractivity contribution < 1.29 is 65.9 Å². The van der Waals surface area contributed by atoms with Crippen molar-refractivity contribution >= 4 is 26.2 Å². The first-order chi connectivity index (χ1) is 13.5. The van der Waals surface area contributed by atoms with E-state index in [-0.39, 0.29) is 5.56 Å². The zero-order valence-corrected chi connectivity index (χ0v) is 16.2. The summed E-state index contributed by atoms with van der Waals surface area (Å²) in [4.78, 5) is 0. The van der Waals surface area contributed by atoms with Crippen LogP contribution in [0.1, 0.15) is 5.56 Å². The van der Waals surface area contributed by atoms with Crippen molar-refractivity contribution in [3.63, 3.8) is 0 Å². The van der Waals surface area contributed by atoms with E-state index in [1.165, 1.54) is 6.07 Å². The molecule has 16 heteroatoms. The summed E-state index contributed by atoms with van der Waals surface area (Å²) in [6, 6.07) is 5.48. The normalized spacial score (nSPS) is 15.9. The van der Waals surface area contributed by atoms with Gasteiger partial charge < -0.3 is 0 Å². The molecule has 0 amide bonds. The average molecular weight is 598 g/mol. The maximum Gasteiger partial charge on any atom is 0.460 e. The fourth-order valence-electron chi connectivity index (χ4n) is 1.91. The van der Waals surface area contributed by atoms with Crippen LogP contribution in [0, 0.1) is 0 Å². The molecule has 0 spiro atoms. The van der Waals surface area contributed by atoms with E-state index in [0.717, 1.165) is 46.9 Å². The largest absolute Gasteiger partial charge is 0.460 e.